The van der Waals surface area contributed by atoms with Crippen LogP contribution in [0.4, 0.5) is 0 Å². The van der Waals surface area contributed by atoms with Crippen molar-refractivity contribution in [3.63, 3.8) is 0 Å². The summed E-state index contributed by atoms with van der Waals surface area (Å²) >= 11 is 0. The van der Waals surface area contributed by atoms with Crippen molar-refractivity contribution in [2.24, 2.45) is 0 Å². The van der Waals surface area contributed by atoms with E-state index in [0.717, 1.165) is 19.4 Å². The molecule has 68 valence electrons. The van der Waals surface area contributed by atoms with E-state index < -0.39 is 0 Å². The molecule has 1 unspecified atom stereocenters. The first-order chi connectivity index (χ1) is 5.74. The van der Waals surface area contributed by atoms with E-state index in [4.69, 9.17) is 4.74 Å². The molecule has 1 heteroatoms. The van der Waals surface area contributed by atoms with Gasteiger partial charge in [0, 0.05) is 0 Å². The minimum Gasteiger partial charge on any atom is -0.369 e. The molecule has 0 bridgehead atoms. The molecule has 0 aliphatic carbocycles. The van der Waals surface area contributed by atoms with Crippen molar-refractivity contribution in [2.45, 2.75) is 39.7 Å². The van der Waals surface area contributed by atoms with Gasteiger partial charge in [0.1, 0.15) is 0 Å². The van der Waals surface area contributed by atoms with Gasteiger partial charge in [0.2, 0.25) is 0 Å². The van der Waals surface area contributed by atoms with Gasteiger partial charge in [-0.2, -0.15) is 0 Å². The lowest BCUT2D eigenvalue weighted by Crippen LogP contribution is -2.19. The molecule has 0 aromatic rings. The monoisotopic (exact) mass is 166 g/mol. The minimum atomic E-state index is 0.343. The third-order valence-electron chi connectivity index (χ3n) is 2.27. The summed E-state index contributed by atoms with van der Waals surface area (Å²) in [4.78, 5) is 0. The van der Waals surface area contributed by atoms with Crippen LogP contribution in [0.25, 0.3) is 0 Å². The normalized spacial score (nSPS) is 25.4. The molecule has 0 amide bonds. The van der Waals surface area contributed by atoms with Gasteiger partial charge in [-0.1, -0.05) is 24.6 Å². The molecule has 0 fully saturated rings. The molecule has 1 aliphatic heterocycles. The Balaban J connectivity index is 2.54. The number of ether oxygens (including phenoxy) is 1. The summed E-state index contributed by atoms with van der Waals surface area (Å²) in [6.07, 6.45) is 6.94. The lowest BCUT2D eigenvalue weighted by molar-refractivity contribution is 0.0902. The summed E-state index contributed by atoms with van der Waals surface area (Å²) in [6, 6.07) is 0. The minimum absolute atomic E-state index is 0.343. The van der Waals surface area contributed by atoms with Gasteiger partial charge in [0.05, 0.1) is 12.7 Å². The Morgan fingerprint density at radius 1 is 1.75 bits per heavy atom. The molecule has 0 spiro atoms. The van der Waals surface area contributed by atoms with Gasteiger partial charge >= 0.3 is 0 Å². The van der Waals surface area contributed by atoms with E-state index in [1.807, 2.05) is 0 Å². The first-order valence-electron chi connectivity index (χ1n) is 4.68. The van der Waals surface area contributed by atoms with Crippen molar-refractivity contribution in [3.8, 4) is 0 Å². The maximum Gasteiger partial charge on any atom is 0.0823 e. The number of allylic oxidation sites excluding steroid dienone is 1. The summed E-state index contributed by atoms with van der Waals surface area (Å²) in [5.41, 5.74) is 2.83. The fourth-order valence-electron chi connectivity index (χ4n) is 1.49. The first kappa shape index (κ1) is 9.53. The largest absolute Gasteiger partial charge is 0.369 e. The van der Waals surface area contributed by atoms with Crippen molar-refractivity contribution < 1.29 is 4.74 Å². The first-order valence-corrected chi connectivity index (χ1v) is 4.68. The van der Waals surface area contributed by atoms with E-state index >= 15 is 0 Å². The zero-order chi connectivity index (χ0) is 8.97. The fraction of sp³-hybridized carbons (Fsp3) is 0.636. The number of rotatable bonds is 2. The molecule has 1 heterocycles. The highest BCUT2D eigenvalue weighted by Gasteiger charge is 2.14. The summed E-state index contributed by atoms with van der Waals surface area (Å²) in [7, 11) is 0. The summed E-state index contributed by atoms with van der Waals surface area (Å²) in [5.74, 6) is 0. The Hall–Kier alpha value is -0.560. The molecule has 1 rings (SSSR count). The van der Waals surface area contributed by atoms with E-state index in [2.05, 4.69) is 32.9 Å². The average molecular weight is 166 g/mol. The van der Waals surface area contributed by atoms with Crippen LogP contribution in [0.5, 0.6) is 0 Å². The van der Waals surface area contributed by atoms with Gasteiger partial charge in [-0.25, -0.2) is 0 Å². The van der Waals surface area contributed by atoms with Crippen LogP contribution in [0.15, 0.2) is 23.3 Å². The Morgan fingerprint density at radius 3 is 3.08 bits per heavy atom. The van der Waals surface area contributed by atoms with E-state index in [-0.39, 0.29) is 0 Å². The lowest BCUT2D eigenvalue weighted by atomic mass is 10.0. The molecular weight excluding hydrogens is 148 g/mol. The average Bonchev–Trinajstić information content (AvgIpc) is 2.05. The molecule has 0 saturated heterocycles. The van der Waals surface area contributed by atoms with Crippen molar-refractivity contribution >= 4 is 0 Å². The third kappa shape index (κ3) is 2.49. The maximum absolute atomic E-state index is 5.62. The van der Waals surface area contributed by atoms with E-state index in [1.165, 1.54) is 11.1 Å². The highest BCUT2D eigenvalue weighted by molar-refractivity contribution is 5.14. The smallest absolute Gasteiger partial charge is 0.0823 e. The van der Waals surface area contributed by atoms with Gasteiger partial charge in [0.15, 0.2) is 0 Å². The predicted octanol–water partition coefficient (Wildman–Crippen LogP) is 3.08. The van der Waals surface area contributed by atoms with Crippen LogP contribution >= 0.6 is 0 Å². The van der Waals surface area contributed by atoms with Crippen LogP contribution in [0.3, 0.4) is 0 Å². The zero-order valence-electron chi connectivity index (χ0n) is 8.26. The third-order valence-corrected chi connectivity index (χ3v) is 2.27. The zero-order valence-corrected chi connectivity index (χ0v) is 8.26. The Kier molecular flexibility index (Phi) is 3.54. The highest BCUT2D eigenvalue weighted by atomic mass is 16.5. The molecule has 1 nitrogen and oxygen atoms in total. The highest BCUT2D eigenvalue weighted by Crippen LogP contribution is 2.20. The van der Waals surface area contributed by atoms with Gasteiger partial charge in [-0.3, -0.25) is 0 Å². The Bertz CT molecular complexity index is 201. The Morgan fingerprint density at radius 2 is 2.50 bits per heavy atom. The van der Waals surface area contributed by atoms with Gasteiger partial charge in [-0.15, -0.1) is 0 Å². The standard InChI is InChI=1S/C11H18O/c1-4-5-10(3)11-8-9(2)6-7-12-11/h5-6,11H,4,7-8H2,1-3H3. The van der Waals surface area contributed by atoms with E-state index in [9.17, 15) is 0 Å². The molecule has 0 radical (unpaired) electrons. The van der Waals surface area contributed by atoms with Gasteiger partial charge in [-0.05, 0) is 32.3 Å². The van der Waals surface area contributed by atoms with Crippen molar-refractivity contribution in [2.75, 3.05) is 6.61 Å². The van der Waals surface area contributed by atoms with Crippen LogP contribution in [0.2, 0.25) is 0 Å². The maximum atomic E-state index is 5.62. The van der Waals surface area contributed by atoms with Gasteiger partial charge in [0.25, 0.3) is 0 Å². The quantitative estimate of drug-likeness (QED) is 0.573. The second kappa shape index (κ2) is 4.46. The van der Waals surface area contributed by atoms with Crippen molar-refractivity contribution in [1.82, 2.24) is 0 Å². The predicted molar refractivity (Wildman–Crippen MR) is 52.2 cm³/mol. The molecule has 0 aromatic carbocycles. The molecule has 0 saturated carbocycles. The van der Waals surface area contributed by atoms with Crippen LogP contribution in [-0.2, 0) is 4.74 Å². The molecule has 1 aliphatic rings. The topological polar surface area (TPSA) is 9.23 Å². The summed E-state index contributed by atoms with van der Waals surface area (Å²) in [5, 5.41) is 0. The molecule has 12 heavy (non-hydrogen) atoms. The van der Waals surface area contributed by atoms with Crippen LogP contribution in [0, 0.1) is 0 Å². The SMILES string of the molecule is CCC=C(C)C1CC(C)=CCO1. The number of hydrogen-bond donors (Lipinski definition) is 0. The summed E-state index contributed by atoms with van der Waals surface area (Å²) < 4.78 is 5.62. The van der Waals surface area contributed by atoms with Gasteiger partial charge < -0.3 is 4.74 Å². The van der Waals surface area contributed by atoms with Crippen molar-refractivity contribution in [1.29, 1.82) is 0 Å². The fourth-order valence-corrected chi connectivity index (χ4v) is 1.49. The molecule has 0 N–H and O–H groups in total. The second-order valence-corrected chi connectivity index (χ2v) is 3.43. The lowest BCUT2D eigenvalue weighted by Gasteiger charge is -2.22. The Labute approximate surface area is 75.1 Å². The van der Waals surface area contributed by atoms with Crippen molar-refractivity contribution in [3.05, 3.63) is 23.3 Å². The van der Waals surface area contributed by atoms with Crippen LogP contribution in [-0.4, -0.2) is 12.7 Å². The van der Waals surface area contributed by atoms with E-state index in [1.54, 1.807) is 0 Å². The van der Waals surface area contributed by atoms with Crippen LogP contribution in [0.1, 0.15) is 33.6 Å². The number of hydrogen-bond acceptors (Lipinski definition) is 1. The summed E-state index contributed by atoms with van der Waals surface area (Å²) in [6.45, 7) is 7.28. The molecular formula is C11H18O. The second-order valence-electron chi connectivity index (χ2n) is 3.43. The molecule has 1 atom stereocenters. The molecule has 0 aromatic heterocycles. The van der Waals surface area contributed by atoms with E-state index in [0.29, 0.717) is 6.10 Å². The van der Waals surface area contributed by atoms with Crippen LogP contribution < -0.4 is 0 Å².